The SMILES string of the molecule is Nc1cc(F)c(Cl)c2cccnc12. The molecule has 0 spiro atoms. The fraction of sp³-hybridized carbons (Fsp3) is 0. The fourth-order valence-corrected chi connectivity index (χ4v) is 1.42. The van der Waals surface area contributed by atoms with Gasteiger partial charge in [0.15, 0.2) is 0 Å². The summed E-state index contributed by atoms with van der Waals surface area (Å²) in [5.74, 6) is -0.514. The van der Waals surface area contributed by atoms with Crippen LogP contribution in [0.3, 0.4) is 0 Å². The van der Waals surface area contributed by atoms with E-state index in [0.29, 0.717) is 16.6 Å². The van der Waals surface area contributed by atoms with Crippen LogP contribution in [0.1, 0.15) is 0 Å². The van der Waals surface area contributed by atoms with Gasteiger partial charge >= 0.3 is 0 Å². The summed E-state index contributed by atoms with van der Waals surface area (Å²) in [6.07, 6.45) is 1.59. The largest absolute Gasteiger partial charge is 0.397 e. The van der Waals surface area contributed by atoms with Crippen molar-refractivity contribution < 1.29 is 4.39 Å². The molecule has 2 aromatic rings. The normalized spacial score (nSPS) is 10.6. The predicted octanol–water partition coefficient (Wildman–Crippen LogP) is 2.61. The molecule has 0 amide bonds. The predicted molar refractivity (Wildman–Crippen MR) is 51.1 cm³/mol. The van der Waals surface area contributed by atoms with Crippen LogP contribution in [-0.4, -0.2) is 4.98 Å². The molecular formula is C9H6ClFN2. The lowest BCUT2D eigenvalue weighted by molar-refractivity contribution is 0.630. The number of halogens is 2. The van der Waals surface area contributed by atoms with Crippen molar-refractivity contribution in [3.8, 4) is 0 Å². The van der Waals surface area contributed by atoms with Gasteiger partial charge in [0.25, 0.3) is 0 Å². The lowest BCUT2D eigenvalue weighted by atomic mass is 10.2. The molecule has 0 fully saturated rings. The molecule has 1 heterocycles. The Morgan fingerprint density at radius 3 is 3.00 bits per heavy atom. The molecule has 0 aliphatic carbocycles. The van der Waals surface area contributed by atoms with Crippen molar-refractivity contribution in [3.63, 3.8) is 0 Å². The Kier molecular flexibility index (Phi) is 1.81. The van der Waals surface area contributed by atoms with Gasteiger partial charge in [-0.3, -0.25) is 4.98 Å². The Morgan fingerprint density at radius 2 is 2.23 bits per heavy atom. The van der Waals surface area contributed by atoms with Crippen LogP contribution in [0, 0.1) is 5.82 Å². The molecule has 66 valence electrons. The van der Waals surface area contributed by atoms with E-state index in [1.54, 1.807) is 18.3 Å². The highest BCUT2D eigenvalue weighted by molar-refractivity contribution is 6.35. The van der Waals surface area contributed by atoms with Crippen LogP contribution in [0.15, 0.2) is 24.4 Å². The second-order valence-electron chi connectivity index (χ2n) is 2.66. The monoisotopic (exact) mass is 196 g/mol. The molecule has 0 aliphatic rings. The summed E-state index contributed by atoms with van der Waals surface area (Å²) in [6.45, 7) is 0. The summed E-state index contributed by atoms with van der Waals surface area (Å²) in [5, 5.41) is 0.610. The number of hydrogen-bond acceptors (Lipinski definition) is 2. The zero-order valence-electron chi connectivity index (χ0n) is 6.59. The Morgan fingerprint density at radius 1 is 1.46 bits per heavy atom. The Bertz CT molecular complexity index is 470. The average molecular weight is 197 g/mol. The number of hydrogen-bond donors (Lipinski definition) is 1. The lowest BCUT2D eigenvalue weighted by Crippen LogP contribution is -1.92. The van der Waals surface area contributed by atoms with Crippen LogP contribution >= 0.6 is 11.6 Å². The summed E-state index contributed by atoms with van der Waals surface area (Å²) in [6, 6.07) is 4.55. The number of nitrogens with zero attached hydrogens (tertiary/aromatic N) is 1. The van der Waals surface area contributed by atoms with Crippen molar-refractivity contribution in [2.24, 2.45) is 0 Å². The first kappa shape index (κ1) is 8.26. The molecule has 0 unspecified atom stereocenters. The van der Waals surface area contributed by atoms with Gasteiger partial charge < -0.3 is 5.73 Å². The van der Waals surface area contributed by atoms with Crippen LogP contribution in [0.2, 0.25) is 5.02 Å². The highest BCUT2D eigenvalue weighted by Crippen LogP contribution is 2.28. The quantitative estimate of drug-likeness (QED) is 0.658. The van der Waals surface area contributed by atoms with Crippen LogP contribution in [0.4, 0.5) is 10.1 Å². The smallest absolute Gasteiger partial charge is 0.144 e. The number of benzene rings is 1. The summed E-state index contributed by atoms with van der Waals surface area (Å²) in [7, 11) is 0. The van der Waals surface area contributed by atoms with E-state index in [1.165, 1.54) is 6.07 Å². The summed E-state index contributed by atoms with van der Waals surface area (Å²) in [5.41, 5.74) is 6.40. The maximum absolute atomic E-state index is 13.1. The molecule has 0 atom stereocenters. The second kappa shape index (κ2) is 2.85. The highest BCUT2D eigenvalue weighted by Gasteiger charge is 2.08. The van der Waals surface area contributed by atoms with Gasteiger partial charge in [-0.05, 0) is 12.1 Å². The molecule has 2 rings (SSSR count). The van der Waals surface area contributed by atoms with E-state index in [1.807, 2.05) is 0 Å². The van der Waals surface area contributed by atoms with E-state index in [4.69, 9.17) is 17.3 Å². The third kappa shape index (κ3) is 1.21. The van der Waals surface area contributed by atoms with Gasteiger partial charge in [-0.1, -0.05) is 11.6 Å². The van der Waals surface area contributed by atoms with Gasteiger partial charge in [0.1, 0.15) is 5.82 Å². The number of fused-ring (bicyclic) bond motifs is 1. The number of rotatable bonds is 0. The van der Waals surface area contributed by atoms with Crippen molar-refractivity contribution in [1.29, 1.82) is 0 Å². The first-order valence-electron chi connectivity index (χ1n) is 3.68. The van der Waals surface area contributed by atoms with Crippen molar-refractivity contribution in [2.75, 3.05) is 5.73 Å². The first-order valence-corrected chi connectivity index (χ1v) is 4.06. The van der Waals surface area contributed by atoms with E-state index >= 15 is 0 Å². The second-order valence-corrected chi connectivity index (χ2v) is 3.04. The minimum Gasteiger partial charge on any atom is -0.397 e. The van der Waals surface area contributed by atoms with Gasteiger partial charge in [0, 0.05) is 17.6 Å². The lowest BCUT2D eigenvalue weighted by Gasteiger charge is -2.03. The summed E-state index contributed by atoms with van der Waals surface area (Å²) in [4.78, 5) is 4.01. The third-order valence-electron chi connectivity index (χ3n) is 1.81. The highest BCUT2D eigenvalue weighted by atomic mass is 35.5. The van der Waals surface area contributed by atoms with E-state index in [0.717, 1.165) is 0 Å². The maximum atomic E-state index is 13.1. The van der Waals surface area contributed by atoms with Crippen molar-refractivity contribution in [2.45, 2.75) is 0 Å². The average Bonchev–Trinajstić information content (AvgIpc) is 2.15. The summed E-state index contributed by atoms with van der Waals surface area (Å²) < 4.78 is 13.1. The van der Waals surface area contributed by atoms with Gasteiger partial charge in [-0.15, -0.1) is 0 Å². The molecular weight excluding hydrogens is 191 g/mol. The molecule has 0 aliphatic heterocycles. The van der Waals surface area contributed by atoms with Gasteiger partial charge in [-0.2, -0.15) is 0 Å². The Hall–Kier alpha value is -1.35. The molecule has 1 aromatic carbocycles. The number of pyridine rings is 1. The van der Waals surface area contributed by atoms with Gasteiger partial charge in [-0.25, -0.2) is 4.39 Å². The van der Waals surface area contributed by atoms with Gasteiger partial charge in [0.2, 0.25) is 0 Å². The molecule has 0 saturated heterocycles. The zero-order valence-corrected chi connectivity index (χ0v) is 7.35. The van der Waals surface area contributed by atoms with E-state index in [2.05, 4.69) is 4.98 Å². The van der Waals surface area contributed by atoms with Crippen LogP contribution in [-0.2, 0) is 0 Å². The van der Waals surface area contributed by atoms with Crippen molar-refractivity contribution >= 4 is 28.2 Å². The molecule has 0 saturated carbocycles. The maximum Gasteiger partial charge on any atom is 0.144 e. The molecule has 2 nitrogen and oxygen atoms in total. The topological polar surface area (TPSA) is 38.9 Å². The van der Waals surface area contributed by atoms with E-state index < -0.39 is 5.82 Å². The number of nitrogens with two attached hydrogens (primary N) is 1. The standard InChI is InChI=1S/C9H6ClFN2/c10-8-5-2-1-3-13-9(5)7(12)4-6(8)11/h1-4H,12H2. The molecule has 2 N–H and O–H groups in total. The van der Waals surface area contributed by atoms with Crippen LogP contribution < -0.4 is 5.73 Å². The molecule has 13 heavy (non-hydrogen) atoms. The molecule has 0 radical (unpaired) electrons. The van der Waals surface area contributed by atoms with Crippen molar-refractivity contribution in [3.05, 3.63) is 35.2 Å². The third-order valence-corrected chi connectivity index (χ3v) is 2.19. The first-order chi connectivity index (χ1) is 6.20. The Balaban J connectivity index is 2.97. The molecule has 4 heteroatoms. The minimum absolute atomic E-state index is 0.0669. The van der Waals surface area contributed by atoms with E-state index in [-0.39, 0.29) is 5.02 Å². The summed E-state index contributed by atoms with van der Waals surface area (Å²) >= 11 is 5.73. The van der Waals surface area contributed by atoms with Crippen LogP contribution in [0.25, 0.3) is 10.9 Å². The van der Waals surface area contributed by atoms with Crippen LogP contribution in [0.5, 0.6) is 0 Å². The van der Waals surface area contributed by atoms with Crippen molar-refractivity contribution in [1.82, 2.24) is 4.98 Å². The fourth-order valence-electron chi connectivity index (χ4n) is 1.21. The number of nitrogen functional groups attached to an aromatic ring is 1. The van der Waals surface area contributed by atoms with E-state index in [9.17, 15) is 4.39 Å². The van der Waals surface area contributed by atoms with Gasteiger partial charge in [0.05, 0.1) is 16.2 Å². The zero-order chi connectivity index (χ0) is 9.42. The number of aromatic nitrogens is 1. The minimum atomic E-state index is -0.514. The molecule has 1 aromatic heterocycles. The molecule has 0 bridgehead atoms. The number of anilines is 1. The Labute approximate surface area is 79.1 Å².